The number of thiophene rings is 1. The van der Waals surface area contributed by atoms with E-state index in [0.29, 0.717) is 22.8 Å². The summed E-state index contributed by atoms with van der Waals surface area (Å²) in [5.41, 5.74) is 5.30. The Labute approximate surface area is 200 Å². The number of anilines is 3. The second-order valence-corrected chi connectivity index (χ2v) is 10.4. The van der Waals surface area contributed by atoms with Crippen LogP contribution in [-0.2, 0) is 10.0 Å². The number of fused-ring (bicyclic) bond motifs is 1. The lowest BCUT2D eigenvalue weighted by atomic mass is 10.0. The normalized spacial score (nSPS) is 11.6. The highest BCUT2D eigenvalue weighted by molar-refractivity contribution is 7.92. The molecular weight excluding hydrogens is 470 g/mol. The number of benzene rings is 2. The van der Waals surface area contributed by atoms with Gasteiger partial charge >= 0.3 is 0 Å². The van der Waals surface area contributed by atoms with Gasteiger partial charge in [-0.3, -0.25) is 0 Å². The molecule has 34 heavy (non-hydrogen) atoms. The molecule has 0 fully saturated rings. The van der Waals surface area contributed by atoms with E-state index in [1.165, 1.54) is 24.0 Å². The highest BCUT2D eigenvalue weighted by Crippen LogP contribution is 2.37. The van der Waals surface area contributed by atoms with Crippen LogP contribution in [0.2, 0.25) is 0 Å². The molecule has 0 atom stereocenters. The summed E-state index contributed by atoms with van der Waals surface area (Å²) in [4.78, 5) is 9.84. The van der Waals surface area contributed by atoms with E-state index >= 15 is 0 Å². The molecule has 2 aromatic carbocycles. The number of aryl methyl sites for hydroxylation is 2. The van der Waals surface area contributed by atoms with Gasteiger partial charge in [-0.1, -0.05) is 35.0 Å². The van der Waals surface area contributed by atoms with E-state index in [1.807, 2.05) is 0 Å². The van der Waals surface area contributed by atoms with Crippen LogP contribution in [0.5, 0.6) is 0 Å². The number of hydrogen-bond donors (Lipinski definition) is 2. The fourth-order valence-electron chi connectivity index (χ4n) is 3.46. The molecule has 0 aliphatic carbocycles. The van der Waals surface area contributed by atoms with Crippen molar-refractivity contribution in [3.05, 3.63) is 77.1 Å². The van der Waals surface area contributed by atoms with Crippen LogP contribution in [0.3, 0.4) is 0 Å². The first kappa shape index (κ1) is 22.1. The largest absolute Gasteiger partial charge is 0.340 e. The molecule has 0 radical (unpaired) electrons. The Kier molecular flexibility index (Phi) is 5.54. The third kappa shape index (κ3) is 4.13. The van der Waals surface area contributed by atoms with E-state index in [-0.39, 0.29) is 10.8 Å². The molecule has 0 unspecified atom stereocenters. The predicted molar refractivity (Wildman–Crippen MR) is 134 cm³/mol. The van der Waals surface area contributed by atoms with Crippen LogP contribution in [0.15, 0.2) is 69.7 Å². The molecule has 2 N–H and O–H groups in total. The molecular formula is C24H21N5O3S2. The van der Waals surface area contributed by atoms with Gasteiger partial charge in [-0.2, -0.15) is 0 Å². The van der Waals surface area contributed by atoms with Gasteiger partial charge in [0.05, 0.1) is 16.0 Å². The van der Waals surface area contributed by atoms with Crippen LogP contribution in [0.1, 0.15) is 16.8 Å². The van der Waals surface area contributed by atoms with E-state index in [9.17, 15) is 8.42 Å². The summed E-state index contributed by atoms with van der Waals surface area (Å²) >= 11 is 1.55. The monoisotopic (exact) mass is 491 g/mol. The van der Waals surface area contributed by atoms with Gasteiger partial charge in [0.15, 0.2) is 0 Å². The maximum absolute atomic E-state index is 12.8. The molecule has 0 bridgehead atoms. The molecule has 172 valence electrons. The van der Waals surface area contributed by atoms with Crippen LogP contribution >= 0.6 is 11.3 Å². The molecule has 0 amide bonds. The average molecular weight is 492 g/mol. The van der Waals surface area contributed by atoms with E-state index in [2.05, 4.69) is 61.7 Å². The topological polar surface area (TPSA) is 110 Å². The quantitative estimate of drug-likeness (QED) is 0.308. The van der Waals surface area contributed by atoms with Gasteiger partial charge in [-0.25, -0.2) is 23.1 Å². The molecule has 0 aliphatic heterocycles. The van der Waals surface area contributed by atoms with Gasteiger partial charge in [0.2, 0.25) is 5.88 Å². The van der Waals surface area contributed by atoms with Crippen molar-refractivity contribution < 1.29 is 12.9 Å². The van der Waals surface area contributed by atoms with Crippen LogP contribution in [0.25, 0.3) is 21.3 Å². The predicted octanol–water partition coefficient (Wildman–Crippen LogP) is 5.82. The summed E-state index contributed by atoms with van der Waals surface area (Å²) in [6.07, 6.45) is 1.52. The highest BCUT2D eigenvalue weighted by atomic mass is 32.2. The molecule has 3 heterocycles. The van der Waals surface area contributed by atoms with Crippen LogP contribution in [0, 0.1) is 20.8 Å². The second-order valence-electron chi connectivity index (χ2n) is 7.89. The van der Waals surface area contributed by atoms with Crippen molar-refractivity contribution >= 4 is 49.0 Å². The van der Waals surface area contributed by atoms with Crippen molar-refractivity contribution in [2.45, 2.75) is 25.7 Å². The molecule has 0 saturated heterocycles. The molecule has 0 spiro atoms. The zero-order chi connectivity index (χ0) is 23.9. The minimum Gasteiger partial charge on any atom is -0.340 e. The first-order chi connectivity index (χ1) is 16.3. The standard InChI is InChI=1S/C24H21N5O3S2/c1-14-4-6-17(7-5-14)20-12-33-24-21(20)22(25-13-26-24)27-18-8-10-19(11-9-18)34(30,31)29-23-15(2)16(3)28-32-23/h4-13,29H,1-3H3,(H,25,26,27). The van der Waals surface area contributed by atoms with E-state index in [4.69, 9.17) is 4.52 Å². The van der Waals surface area contributed by atoms with Crippen LogP contribution < -0.4 is 10.0 Å². The minimum atomic E-state index is -3.82. The Hall–Kier alpha value is -3.76. The zero-order valence-electron chi connectivity index (χ0n) is 18.7. The van der Waals surface area contributed by atoms with Crippen molar-refractivity contribution in [1.29, 1.82) is 0 Å². The number of hydrogen-bond acceptors (Lipinski definition) is 8. The maximum Gasteiger partial charge on any atom is 0.264 e. The summed E-state index contributed by atoms with van der Waals surface area (Å²) in [6, 6.07) is 14.7. The highest BCUT2D eigenvalue weighted by Gasteiger charge is 2.19. The maximum atomic E-state index is 12.8. The molecule has 0 aliphatic rings. The number of rotatable bonds is 6. The van der Waals surface area contributed by atoms with Crippen molar-refractivity contribution in [3.63, 3.8) is 0 Å². The van der Waals surface area contributed by atoms with Gasteiger partial charge in [-0.05, 0) is 50.6 Å². The smallest absolute Gasteiger partial charge is 0.264 e. The van der Waals surface area contributed by atoms with Gasteiger partial charge in [0, 0.05) is 22.2 Å². The lowest BCUT2D eigenvalue weighted by molar-refractivity contribution is 0.430. The van der Waals surface area contributed by atoms with Crippen molar-refractivity contribution in [3.8, 4) is 11.1 Å². The van der Waals surface area contributed by atoms with Gasteiger partial charge in [0.25, 0.3) is 10.0 Å². The van der Waals surface area contributed by atoms with Gasteiger partial charge in [0.1, 0.15) is 17.0 Å². The molecule has 10 heteroatoms. The van der Waals surface area contributed by atoms with Gasteiger partial charge in [-0.15, -0.1) is 11.3 Å². The fourth-order valence-corrected chi connectivity index (χ4v) is 5.42. The Balaban J connectivity index is 1.43. The van der Waals surface area contributed by atoms with E-state index < -0.39 is 10.0 Å². The van der Waals surface area contributed by atoms with E-state index in [1.54, 1.807) is 37.3 Å². The SMILES string of the molecule is Cc1ccc(-c2csc3ncnc(Nc4ccc(S(=O)(=O)Nc5onc(C)c5C)cc4)c23)cc1. The summed E-state index contributed by atoms with van der Waals surface area (Å²) in [6.45, 7) is 5.55. The molecule has 5 aromatic rings. The Morgan fingerprint density at radius 1 is 0.941 bits per heavy atom. The summed E-state index contributed by atoms with van der Waals surface area (Å²) < 4.78 is 33.0. The van der Waals surface area contributed by atoms with Crippen LogP contribution in [0.4, 0.5) is 17.4 Å². The third-order valence-corrected chi connectivity index (χ3v) is 7.78. The van der Waals surface area contributed by atoms with Crippen molar-refractivity contribution in [1.82, 2.24) is 15.1 Å². The Bertz CT molecular complexity index is 1590. The Morgan fingerprint density at radius 3 is 2.35 bits per heavy atom. The number of nitrogens with one attached hydrogen (secondary N) is 2. The first-order valence-corrected chi connectivity index (χ1v) is 12.8. The molecule has 3 aromatic heterocycles. The van der Waals surface area contributed by atoms with E-state index in [0.717, 1.165) is 21.3 Å². The molecule has 5 rings (SSSR count). The first-order valence-electron chi connectivity index (χ1n) is 10.4. The Morgan fingerprint density at radius 2 is 1.68 bits per heavy atom. The summed E-state index contributed by atoms with van der Waals surface area (Å²) in [5, 5.41) is 10.1. The molecule has 8 nitrogen and oxygen atoms in total. The number of nitrogens with zero attached hydrogens (tertiary/aromatic N) is 3. The molecule has 0 saturated carbocycles. The van der Waals surface area contributed by atoms with Gasteiger partial charge < -0.3 is 9.84 Å². The summed E-state index contributed by atoms with van der Waals surface area (Å²) in [5.74, 6) is 0.771. The summed E-state index contributed by atoms with van der Waals surface area (Å²) in [7, 11) is -3.82. The lowest BCUT2D eigenvalue weighted by Gasteiger charge is -2.10. The third-order valence-electron chi connectivity index (χ3n) is 5.54. The number of sulfonamides is 1. The van der Waals surface area contributed by atoms with Crippen molar-refractivity contribution in [2.24, 2.45) is 0 Å². The van der Waals surface area contributed by atoms with Crippen molar-refractivity contribution in [2.75, 3.05) is 10.0 Å². The zero-order valence-corrected chi connectivity index (χ0v) is 20.3. The minimum absolute atomic E-state index is 0.107. The van der Waals surface area contributed by atoms with Crippen LogP contribution in [-0.4, -0.2) is 23.5 Å². The number of aromatic nitrogens is 3. The lowest BCUT2D eigenvalue weighted by Crippen LogP contribution is -2.13. The fraction of sp³-hybridized carbons (Fsp3) is 0.125. The second kappa shape index (κ2) is 8.54. The average Bonchev–Trinajstić information content (AvgIpc) is 3.39.